The van der Waals surface area contributed by atoms with Gasteiger partial charge in [0.1, 0.15) is 0 Å². The van der Waals surface area contributed by atoms with Crippen LogP contribution in [0.4, 0.5) is 9.18 Å². The first-order valence-electron chi connectivity index (χ1n) is 2.05. The van der Waals surface area contributed by atoms with Gasteiger partial charge in [-0.05, 0) is 0 Å². The Morgan fingerprint density at radius 2 is 2.25 bits per heavy atom. The number of hydrogen-bond donors (Lipinski definition) is 0. The Morgan fingerprint density at radius 3 is 2.38 bits per heavy atom. The fourth-order valence-corrected chi connectivity index (χ4v) is 0.181. The lowest BCUT2D eigenvalue weighted by atomic mass is 10.8. The van der Waals surface area contributed by atoms with Gasteiger partial charge in [0.05, 0.1) is 7.11 Å². The third-order valence-electron chi connectivity index (χ3n) is 0.425. The molecular formula is C4H7FO3. The van der Waals surface area contributed by atoms with Crippen molar-refractivity contribution in [3.8, 4) is 0 Å². The monoisotopic (exact) mass is 122 g/mol. The SMILES string of the molecule is COC(=O)OC(C)F. The van der Waals surface area contributed by atoms with Crippen LogP contribution in [-0.2, 0) is 9.47 Å². The molecule has 0 heterocycles. The average Bonchev–Trinajstić information content (AvgIpc) is 1.65. The van der Waals surface area contributed by atoms with Gasteiger partial charge < -0.3 is 9.47 Å². The molecule has 0 radical (unpaired) electrons. The van der Waals surface area contributed by atoms with E-state index in [1.807, 2.05) is 0 Å². The van der Waals surface area contributed by atoms with E-state index in [2.05, 4.69) is 9.47 Å². The zero-order valence-corrected chi connectivity index (χ0v) is 4.68. The lowest BCUT2D eigenvalue weighted by Gasteiger charge is -2.00. The van der Waals surface area contributed by atoms with E-state index >= 15 is 0 Å². The predicted octanol–water partition coefficient (Wildman–Crippen LogP) is 1.08. The molecule has 1 unspecified atom stereocenters. The van der Waals surface area contributed by atoms with Crippen molar-refractivity contribution in [2.45, 2.75) is 13.3 Å². The van der Waals surface area contributed by atoms with Crippen molar-refractivity contribution < 1.29 is 18.7 Å². The minimum absolute atomic E-state index is 1.00. The Morgan fingerprint density at radius 1 is 1.75 bits per heavy atom. The summed E-state index contributed by atoms with van der Waals surface area (Å²) in [5.41, 5.74) is 0. The van der Waals surface area contributed by atoms with Gasteiger partial charge in [0.2, 0.25) is 6.36 Å². The molecule has 48 valence electrons. The van der Waals surface area contributed by atoms with Gasteiger partial charge >= 0.3 is 6.16 Å². The summed E-state index contributed by atoms with van der Waals surface area (Å²) in [7, 11) is 1.12. The summed E-state index contributed by atoms with van der Waals surface area (Å²) >= 11 is 0. The molecule has 0 aliphatic heterocycles. The van der Waals surface area contributed by atoms with Crippen LogP contribution in [0.25, 0.3) is 0 Å². The second-order valence-electron chi connectivity index (χ2n) is 1.11. The van der Waals surface area contributed by atoms with Crippen LogP contribution in [0.5, 0.6) is 0 Å². The first kappa shape index (κ1) is 7.20. The van der Waals surface area contributed by atoms with E-state index in [1.165, 1.54) is 0 Å². The van der Waals surface area contributed by atoms with Crippen LogP contribution in [0.3, 0.4) is 0 Å². The van der Waals surface area contributed by atoms with Gasteiger partial charge in [0.25, 0.3) is 0 Å². The van der Waals surface area contributed by atoms with Crippen molar-refractivity contribution in [2.75, 3.05) is 7.11 Å². The number of alkyl halides is 1. The maximum absolute atomic E-state index is 11.6. The fourth-order valence-electron chi connectivity index (χ4n) is 0.181. The minimum atomic E-state index is -1.59. The number of methoxy groups -OCH3 is 1. The first-order valence-corrected chi connectivity index (χ1v) is 2.05. The van der Waals surface area contributed by atoms with Gasteiger partial charge in [-0.1, -0.05) is 0 Å². The standard InChI is InChI=1S/C4H7FO3/c1-3(5)8-4(6)7-2/h3H,1-2H3. The molecule has 0 saturated heterocycles. The molecule has 0 aromatic carbocycles. The predicted molar refractivity (Wildman–Crippen MR) is 24.1 cm³/mol. The van der Waals surface area contributed by atoms with Gasteiger partial charge in [0, 0.05) is 6.92 Å². The highest BCUT2D eigenvalue weighted by atomic mass is 19.1. The van der Waals surface area contributed by atoms with E-state index in [9.17, 15) is 9.18 Å². The maximum atomic E-state index is 11.6. The van der Waals surface area contributed by atoms with Crippen LogP contribution in [0, 0.1) is 0 Å². The largest absolute Gasteiger partial charge is 0.510 e. The molecule has 1 atom stereocenters. The third-order valence-corrected chi connectivity index (χ3v) is 0.425. The van der Waals surface area contributed by atoms with E-state index in [1.54, 1.807) is 0 Å². The average molecular weight is 122 g/mol. The van der Waals surface area contributed by atoms with Crippen LogP contribution < -0.4 is 0 Å². The van der Waals surface area contributed by atoms with E-state index in [-0.39, 0.29) is 0 Å². The van der Waals surface area contributed by atoms with Crippen molar-refractivity contribution in [1.82, 2.24) is 0 Å². The number of carbonyl (C=O) groups excluding carboxylic acids is 1. The van der Waals surface area contributed by atoms with Crippen LogP contribution in [0.2, 0.25) is 0 Å². The molecule has 0 bridgehead atoms. The van der Waals surface area contributed by atoms with Crippen molar-refractivity contribution in [3.05, 3.63) is 0 Å². The van der Waals surface area contributed by atoms with Crippen LogP contribution in [-0.4, -0.2) is 19.6 Å². The molecule has 0 rings (SSSR count). The number of carbonyl (C=O) groups is 1. The molecular weight excluding hydrogens is 115 g/mol. The van der Waals surface area contributed by atoms with Gasteiger partial charge in [-0.2, -0.15) is 0 Å². The zero-order chi connectivity index (χ0) is 6.57. The second-order valence-corrected chi connectivity index (χ2v) is 1.11. The van der Waals surface area contributed by atoms with Gasteiger partial charge in [0.15, 0.2) is 0 Å². The molecule has 0 amide bonds. The summed E-state index contributed by atoms with van der Waals surface area (Å²) in [6.07, 6.45) is -2.59. The topological polar surface area (TPSA) is 35.5 Å². The first-order chi connectivity index (χ1) is 3.66. The highest BCUT2D eigenvalue weighted by molar-refractivity contribution is 5.59. The Labute approximate surface area is 46.4 Å². The summed E-state index contributed by atoms with van der Waals surface area (Å²) < 4.78 is 19.4. The molecule has 0 fully saturated rings. The Kier molecular flexibility index (Phi) is 2.91. The smallest absolute Gasteiger partial charge is 0.438 e. The van der Waals surface area contributed by atoms with E-state index in [4.69, 9.17) is 0 Å². The number of rotatable bonds is 1. The van der Waals surface area contributed by atoms with Gasteiger partial charge in [-0.25, -0.2) is 9.18 Å². The summed E-state index contributed by atoms with van der Waals surface area (Å²) in [5.74, 6) is 0. The summed E-state index contributed by atoms with van der Waals surface area (Å²) in [6.45, 7) is 1.09. The molecule has 0 spiro atoms. The number of ether oxygens (including phenoxy) is 2. The minimum Gasteiger partial charge on any atom is -0.438 e. The van der Waals surface area contributed by atoms with E-state index in [0.717, 1.165) is 14.0 Å². The molecule has 3 nitrogen and oxygen atoms in total. The van der Waals surface area contributed by atoms with E-state index in [0.29, 0.717) is 0 Å². The lowest BCUT2D eigenvalue weighted by molar-refractivity contribution is -0.0123. The quantitative estimate of drug-likeness (QED) is 0.488. The molecule has 0 saturated carbocycles. The van der Waals surface area contributed by atoms with E-state index < -0.39 is 12.5 Å². The second kappa shape index (κ2) is 3.23. The molecule has 0 aliphatic carbocycles. The van der Waals surface area contributed by atoms with Crippen LogP contribution in [0.15, 0.2) is 0 Å². The van der Waals surface area contributed by atoms with Gasteiger partial charge in [-0.15, -0.1) is 0 Å². The van der Waals surface area contributed by atoms with Crippen molar-refractivity contribution in [2.24, 2.45) is 0 Å². The summed E-state index contributed by atoms with van der Waals surface area (Å²) in [5, 5.41) is 0. The normalized spacial score (nSPS) is 12.4. The third kappa shape index (κ3) is 3.39. The Hall–Kier alpha value is -0.800. The number of hydrogen-bond acceptors (Lipinski definition) is 3. The highest BCUT2D eigenvalue weighted by Gasteiger charge is 2.04. The van der Waals surface area contributed by atoms with Crippen molar-refractivity contribution >= 4 is 6.16 Å². The Bertz CT molecular complexity index is 81.4. The summed E-state index contributed by atoms with van der Waals surface area (Å²) in [6, 6.07) is 0. The van der Waals surface area contributed by atoms with Crippen LogP contribution >= 0.6 is 0 Å². The highest BCUT2D eigenvalue weighted by Crippen LogP contribution is 1.92. The molecule has 8 heavy (non-hydrogen) atoms. The maximum Gasteiger partial charge on any atom is 0.510 e. The van der Waals surface area contributed by atoms with Gasteiger partial charge in [-0.3, -0.25) is 0 Å². The molecule has 0 aromatic rings. The molecule has 0 aromatic heterocycles. The summed E-state index contributed by atoms with van der Waals surface area (Å²) in [4.78, 5) is 9.94. The van der Waals surface area contributed by atoms with Crippen LogP contribution in [0.1, 0.15) is 6.92 Å². The number of halogens is 1. The fraction of sp³-hybridized carbons (Fsp3) is 0.750. The van der Waals surface area contributed by atoms with Crippen molar-refractivity contribution in [3.63, 3.8) is 0 Å². The Balaban J connectivity index is 3.25. The van der Waals surface area contributed by atoms with Crippen molar-refractivity contribution in [1.29, 1.82) is 0 Å². The molecule has 0 aliphatic rings. The molecule has 0 N–H and O–H groups in total. The zero-order valence-electron chi connectivity index (χ0n) is 4.68. The molecule has 4 heteroatoms. The lowest BCUT2D eigenvalue weighted by Crippen LogP contribution is -2.09.